The Labute approximate surface area is 183 Å². The van der Waals surface area contributed by atoms with Gasteiger partial charge in [0, 0.05) is 17.8 Å². The number of carbonyl (C=O) groups excluding carboxylic acids is 1. The van der Waals surface area contributed by atoms with Crippen LogP contribution in [0.4, 0.5) is 5.13 Å². The summed E-state index contributed by atoms with van der Waals surface area (Å²) in [4.78, 5) is 38.2. The molecule has 8 heteroatoms. The first-order valence-corrected chi connectivity index (χ1v) is 12.5. The molecule has 0 bridgehead atoms. The average molecular weight is 443 g/mol. The van der Waals surface area contributed by atoms with Crippen LogP contribution in [0.15, 0.2) is 4.79 Å². The number of nitrogens with zero attached hydrogens (tertiary/aromatic N) is 3. The largest absolute Gasteiger partial charge is 0.297 e. The lowest BCUT2D eigenvalue weighted by molar-refractivity contribution is 0.103. The third-order valence-electron chi connectivity index (χ3n) is 6.46. The number of aromatic nitrogens is 3. The van der Waals surface area contributed by atoms with Crippen LogP contribution in [0.25, 0.3) is 10.2 Å². The number of hydrogen-bond donors (Lipinski definition) is 1. The average Bonchev–Trinajstić information content (AvgIpc) is 3.18. The van der Waals surface area contributed by atoms with Crippen molar-refractivity contribution in [3.8, 4) is 0 Å². The van der Waals surface area contributed by atoms with E-state index >= 15 is 0 Å². The number of thiophene rings is 1. The molecule has 30 heavy (non-hydrogen) atoms. The minimum absolute atomic E-state index is 0.0000186. The molecule has 158 valence electrons. The van der Waals surface area contributed by atoms with E-state index in [9.17, 15) is 9.59 Å². The molecule has 6 nitrogen and oxygen atoms in total. The molecule has 1 aliphatic carbocycles. The van der Waals surface area contributed by atoms with E-state index in [1.165, 1.54) is 29.1 Å². The third-order valence-corrected chi connectivity index (χ3v) is 8.68. The van der Waals surface area contributed by atoms with Crippen LogP contribution < -0.4 is 10.9 Å². The molecule has 3 aromatic rings. The second-order valence-electron chi connectivity index (χ2n) is 8.39. The van der Waals surface area contributed by atoms with Crippen molar-refractivity contribution in [3.63, 3.8) is 0 Å². The molecular weight excluding hydrogens is 416 g/mol. The quantitative estimate of drug-likeness (QED) is 0.637. The smallest absolute Gasteiger partial charge is 0.267 e. The molecule has 1 atom stereocenters. The lowest BCUT2D eigenvalue weighted by Crippen LogP contribution is -2.24. The van der Waals surface area contributed by atoms with Gasteiger partial charge in [-0.2, -0.15) is 0 Å². The number of aryl methyl sites for hydroxylation is 3. The van der Waals surface area contributed by atoms with Gasteiger partial charge in [0.2, 0.25) is 0 Å². The van der Waals surface area contributed by atoms with Crippen molar-refractivity contribution in [1.82, 2.24) is 14.5 Å². The van der Waals surface area contributed by atoms with Crippen molar-refractivity contribution in [2.45, 2.75) is 71.8 Å². The molecule has 0 fully saturated rings. The van der Waals surface area contributed by atoms with E-state index in [4.69, 9.17) is 4.98 Å². The van der Waals surface area contributed by atoms with E-state index in [0.717, 1.165) is 68.1 Å². The molecule has 1 aliphatic heterocycles. The molecular formula is C22H26N4O2S2. The van der Waals surface area contributed by atoms with Crippen LogP contribution in [0.5, 0.6) is 0 Å². The predicted octanol–water partition coefficient (Wildman–Crippen LogP) is 4.72. The van der Waals surface area contributed by atoms with Crippen LogP contribution >= 0.6 is 22.7 Å². The zero-order valence-electron chi connectivity index (χ0n) is 17.4. The van der Waals surface area contributed by atoms with E-state index in [0.29, 0.717) is 20.2 Å². The summed E-state index contributed by atoms with van der Waals surface area (Å²) >= 11 is 2.92. The summed E-state index contributed by atoms with van der Waals surface area (Å²) in [6.45, 7) is 4.82. The number of carbonyl (C=O) groups is 1. The monoisotopic (exact) mass is 442 g/mol. The molecule has 0 saturated heterocycles. The van der Waals surface area contributed by atoms with Gasteiger partial charge in [-0.3, -0.25) is 19.5 Å². The normalized spacial score (nSPS) is 18.7. The van der Waals surface area contributed by atoms with Gasteiger partial charge < -0.3 is 0 Å². The lowest BCUT2D eigenvalue weighted by Gasteiger charge is -2.18. The summed E-state index contributed by atoms with van der Waals surface area (Å²) in [5, 5.41) is 4.25. The zero-order chi connectivity index (χ0) is 20.8. The molecule has 0 radical (unpaired) electrons. The number of anilines is 1. The van der Waals surface area contributed by atoms with Gasteiger partial charge in [-0.15, -0.1) is 22.7 Å². The Kier molecular flexibility index (Phi) is 5.23. The van der Waals surface area contributed by atoms with Gasteiger partial charge in [0.25, 0.3) is 11.5 Å². The van der Waals surface area contributed by atoms with Gasteiger partial charge in [0.15, 0.2) is 5.13 Å². The zero-order valence-corrected chi connectivity index (χ0v) is 19.0. The first kappa shape index (κ1) is 19.9. The van der Waals surface area contributed by atoms with Crippen molar-refractivity contribution in [2.24, 2.45) is 5.92 Å². The second kappa shape index (κ2) is 7.89. The number of nitrogens with one attached hydrogen (secondary N) is 1. The number of hydrogen-bond acceptors (Lipinski definition) is 6. The first-order chi connectivity index (χ1) is 14.5. The third kappa shape index (κ3) is 3.39. The van der Waals surface area contributed by atoms with Crippen molar-refractivity contribution < 1.29 is 4.79 Å². The standard InChI is InChI=1S/C22H26N4O2S2/c1-3-13-8-9-14-15(11-13)29-22(23-14)25-19(27)18-12(2)17-20(30-18)24-16-7-5-4-6-10-26(16)21(17)28/h13H,3-11H2,1-2H3,(H,23,25,27). The fourth-order valence-electron chi connectivity index (χ4n) is 4.63. The molecule has 1 amide bonds. The Bertz CT molecular complexity index is 1190. The topological polar surface area (TPSA) is 76.9 Å². The lowest BCUT2D eigenvalue weighted by atomic mass is 9.89. The van der Waals surface area contributed by atoms with Crippen LogP contribution in [0.2, 0.25) is 0 Å². The Morgan fingerprint density at radius 3 is 2.90 bits per heavy atom. The number of fused-ring (bicyclic) bond motifs is 3. The highest BCUT2D eigenvalue weighted by molar-refractivity contribution is 7.21. The Hall–Kier alpha value is -2.06. The van der Waals surface area contributed by atoms with Gasteiger partial charge in [0.1, 0.15) is 10.7 Å². The van der Waals surface area contributed by atoms with E-state index in [1.807, 2.05) is 11.5 Å². The molecule has 0 saturated carbocycles. The molecule has 2 aliphatic rings. The Morgan fingerprint density at radius 2 is 2.07 bits per heavy atom. The van der Waals surface area contributed by atoms with Crippen molar-refractivity contribution in [2.75, 3.05) is 5.32 Å². The van der Waals surface area contributed by atoms with Crippen LogP contribution in [-0.4, -0.2) is 20.4 Å². The summed E-state index contributed by atoms with van der Waals surface area (Å²) in [5.41, 5.74) is 1.87. The molecule has 1 N–H and O–H groups in total. The maximum Gasteiger partial charge on any atom is 0.267 e. The highest BCUT2D eigenvalue weighted by Crippen LogP contribution is 2.34. The first-order valence-electron chi connectivity index (χ1n) is 10.9. The predicted molar refractivity (Wildman–Crippen MR) is 122 cm³/mol. The van der Waals surface area contributed by atoms with Gasteiger partial charge in [-0.05, 0) is 50.5 Å². The Balaban J connectivity index is 1.46. The molecule has 3 aromatic heterocycles. The molecule has 1 unspecified atom stereocenters. The highest BCUT2D eigenvalue weighted by Gasteiger charge is 2.25. The van der Waals surface area contributed by atoms with E-state index in [1.54, 1.807) is 11.3 Å². The van der Waals surface area contributed by atoms with Crippen LogP contribution in [0.1, 0.15) is 70.7 Å². The van der Waals surface area contributed by atoms with Gasteiger partial charge in [0.05, 0.1) is 16.0 Å². The molecule has 4 heterocycles. The fraction of sp³-hybridized carbons (Fsp3) is 0.545. The van der Waals surface area contributed by atoms with Gasteiger partial charge in [-0.25, -0.2) is 9.97 Å². The minimum atomic E-state index is -0.187. The summed E-state index contributed by atoms with van der Waals surface area (Å²) in [5.74, 6) is 1.39. The van der Waals surface area contributed by atoms with E-state index in [-0.39, 0.29) is 11.5 Å². The number of rotatable bonds is 3. The molecule has 0 spiro atoms. The highest BCUT2D eigenvalue weighted by atomic mass is 32.1. The van der Waals surface area contributed by atoms with Crippen LogP contribution in [0.3, 0.4) is 0 Å². The molecule has 0 aromatic carbocycles. The van der Waals surface area contributed by atoms with Crippen LogP contribution in [-0.2, 0) is 25.8 Å². The summed E-state index contributed by atoms with van der Waals surface area (Å²) in [7, 11) is 0. The minimum Gasteiger partial charge on any atom is -0.297 e. The maximum atomic E-state index is 13.1. The van der Waals surface area contributed by atoms with Crippen molar-refractivity contribution in [3.05, 3.63) is 37.2 Å². The number of amides is 1. The fourth-order valence-corrected chi connectivity index (χ4v) is 6.83. The summed E-state index contributed by atoms with van der Waals surface area (Å²) in [6.07, 6.45) is 8.44. The number of thiazole rings is 1. The van der Waals surface area contributed by atoms with Gasteiger partial charge in [-0.1, -0.05) is 19.8 Å². The van der Waals surface area contributed by atoms with Crippen molar-refractivity contribution >= 4 is 43.9 Å². The van der Waals surface area contributed by atoms with Crippen LogP contribution in [0, 0.1) is 12.8 Å². The Morgan fingerprint density at radius 1 is 1.20 bits per heavy atom. The SMILES string of the molecule is CCC1CCc2nc(NC(=O)c3sc4nc5n(c(=O)c4c3C)CCCCC5)sc2C1. The van der Waals surface area contributed by atoms with Gasteiger partial charge >= 0.3 is 0 Å². The summed E-state index contributed by atoms with van der Waals surface area (Å²) < 4.78 is 1.82. The maximum absolute atomic E-state index is 13.1. The van der Waals surface area contributed by atoms with Crippen molar-refractivity contribution in [1.29, 1.82) is 0 Å². The summed E-state index contributed by atoms with van der Waals surface area (Å²) in [6, 6.07) is 0. The molecule has 5 rings (SSSR count). The van der Waals surface area contributed by atoms with E-state index in [2.05, 4.69) is 17.2 Å². The second-order valence-corrected chi connectivity index (χ2v) is 10.5. The van der Waals surface area contributed by atoms with E-state index < -0.39 is 0 Å².